The molecule has 2 heterocycles. The number of carbonyl (C=O) groups excluding carboxylic acids is 1. The maximum absolute atomic E-state index is 12.6. The van der Waals surface area contributed by atoms with Gasteiger partial charge in [0.25, 0.3) is 5.91 Å². The van der Waals surface area contributed by atoms with Crippen LogP contribution in [0.15, 0.2) is 12.3 Å². The number of nitrogens with zero attached hydrogens (tertiary/aromatic N) is 5. The molecule has 6 nitrogen and oxygen atoms in total. The van der Waals surface area contributed by atoms with E-state index in [0.717, 1.165) is 22.0 Å². The van der Waals surface area contributed by atoms with Gasteiger partial charge in [0.15, 0.2) is 5.69 Å². The Morgan fingerprint density at radius 3 is 2.41 bits per heavy atom. The molecule has 0 bridgehead atoms. The highest BCUT2D eigenvalue weighted by Gasteiger charge is 2.35. The Bertz CT molecular complexity index is 701. The van der Waals surface area contributed by atoms with E-state index in [4.69, 9.17) is 0 Å². The average molecular weight is 315 g/mol. The second-order valence-electron chi connectivity index (χ2n) is 5.11. The van der Waals surface area contributed by atoms with Crippen LogP contribution in [0.2, 0.25) is 0 Å². The smallest absolute Gasteiger partial charge is 0.336 e. The molecule has 0 spiro atoms. The zero-order chi connectivity index (χ0) is 16.7. The highest BCUT2D eigenvalue weighted by Crippen LogP contribution is 2.28. The van der Waals surface area contributed by atoms with Crippen LogP contribution in [0.4, 0.5) is 13.2 Å². The third-order valence-corrected chi connectivity index (χ3v) is 3.26. The first-order valence-electron chi connectivity index (χ1n) is 6.45. The summed E-state index contributed by atoms with van der Waals surface area (Å²) in [5.41, 5.74) is 0.403. The van der Waals surface area contributed by atoms with E-state index < -0.39 is 17.8 Å². The van der Waals surface area contributed by atoms with Gasteiger partial charge in [0.05, 0.1) is 5.69 Å². The maximum atomic E-state index is 12.6. The van der Waals surface area contributed by atoms with Crippen LogP contribution in [-0.2, 0) is 26.8 Å². The number of amides is 1. The molecule has 0 saturated heterocycles. The fourth-order valence-electron chi connectivity index (χ4n) is 2.13. The number of alkyl halides is 3. The van der Waals surface area contributed by atoms with Crippen molar-refractivity contribution in [2.75, 3.05) is 7.05 Å². The first kappa shape index (κ1) is 16.1. The summed E-state index contributed by atoms with van der Waals surface area (Å²) in [6, 6.07) is 0.759. The number of hydrogen-bond donors (Lipinski definition) is 0. The lowest BCUT2D eigenvalue weighted by Gasteiger charge is -2.16. The summed E-state index contributed by atoms with van der Waals surface area (Å²) in [4.78, 5) is 13.6. The van der Waals surface area contributed by atoms with Crippen molar-refractivity contribution in [2.45, 2.75) is 19.6 Å². The van der Waals surface area contributed by atoms with E-state index in [0.29, 0.717) is 0 Å². The second kappa shape index (κ2) is 5.47. The van der Waals surface area contributed by atoms with Crippen molar-refractivity contribution in [3.05, 3.63) is 34.9 Å². The molecule has 2 aromatic rings. The molecule has 120 valence electrons. The molecular formula is C13H16F3N5O. The van der Waals surface area contributed by atoms with E-state index >= 15 is 0 Å². The fraction of sp³-hybridized carbons (Fsp3) is 0.462. The van der Waals surface area contributed by atoms with Crippen molar-refractivity contribution >= 4 is 5.91 Å². The van der Waals surface area contributed by atoms with Gasteiger partial charge in [0, 0.05) is 45.5 Å². The molecule has 0 saturated carbocycles. The van der Waals surface area contributed by atoms with E-state index in [2.05, 4.69) is 10.2 Å². The minimum Gasteiger partial charge on any atom is -0.336 e. The van der Waals surface area contributed by atoms with Gasteiger partial charge in [-0.15, -0.1) is 0 Å². The molecule has 0 aliphatic carbocycles. The van der Waals surface area contributed by atoms with Crippen LogP contribution in [0.1, 0.15) is 27.4 Å². The maximum Gasteiger partial charge on any atom is 0.435 e. The standard InChI is InChI=1S/C13H16F3N5O/c1-8-9(7-20(3)17-8)6-19(2)12(22)10-5-11(13(14,15)16)18-21(10)4/h5,7H,6H2,1-4H3. The van der Waals surface area contributed by atoms with Crippen molar-refractivity contribution in [3.63, 3.8) is 0 Å². The molecule has 22 heavy (non-hydrogen) atoms. The second-order valence-corrected chi connectivity index (χ2v) is 5.11. The molecule has 0 unspecified atom stereocenters. The molecule has 0 N–H and O–H groups in total. The third kappa shape index (κ3) is 3.12. The number of rotatable bonds is 3. The lowest BCUT2D eigenvalue weighted by molar-refractivity contribution is -0.141. The van der Waals surface area contributed by atoms with E-state index in [1.165, 1.54) is 19.0 Å². The van der Waals surface area contributed by atoms with Gasteiger partial charge in [-0.05, 0) is 6.92 Å². The molecule has 9 heteroatoms. The van der Waals surface area contributed by atoms with Crippen molar-refractivity contribution < 1.29 is 18.0 Å². The SMILES string of the molecule is Cc1nn(C)cc1CN(C)C(=O)c1cc(C(F)(F)F)nn1C. The summed E-state index contributed by atoms with van der Waals surface area (Å²) < 4.78 is 40.5. The molecule has 0 aliphatic heterocycles. The normalized spacial score (nSPS) is 11.8. The van der Waals surface area contributed by atoms with Crippen LogP contribution in [0, 0.1) is 6.92 Å². The van der Waals surface area contributed by atoms with Gasteiger partial charge >= 0.3 is 6.18 Å². The van der Waals surface area contributed by atoms with E-state index in [1.54, 1.807) is 24.9 Å². The molecule has 2 rings (SSSR count). The van der Waals surface area contributed by atoms with E-state index in [9.17, 15) is 18.0 Å². The Balaban J connectivity index is 2.21. The summed E-state index contributed by atoms with van der Waals surface area (Å²) in [5.74, 6) is -0.534. The van der Waals surface area contributed by atoms with Gasteiger partial charge < -0.3 is 4.90 Å². The quantitative estimate of drug-likeness (QED) is 0.867. The third-order valence-electron chi connectivity index (χ3n) is 3.26. The number of aryl methyl sites for hydroxylation is 3. The minimum absolute atomic E-state index is 0.114. The predicted octanol–water partition coefficient (Wildman–Crippen LogP) is 1.75. The zero-order valence-electron chi connectivity index (χ0n) is 12.6. The molecule has 0 atom stereocenters. The number of halogens is 3. The van der Waals surface area contributed by atoms with E-state index in [-0.39, 0.29) is 12.2 Å². The number of hydrogen-bond acceptors (Lipinski definition) is 3. The lowest BCUT2D eigenvalue weighted by Crippen LogP contribution is -2.28. The van der Waals surface area contributed by atoms with E-state index in [1.807, 2.05) is 0 Å². The Morgan fingerprint density at radius 1 is 1.32 bits per heavy atom. The highest BCUT2D eigenvalue weighted by molar-refractivity contribution is 5.92. The molecule has 2 aromatic heterocycles. The largest absolute Gasteiger partial charge is 0.435 e. The highest BCUT2D eigenvalue weighted by atomic mass is 19.4. The van der Waals surface area contributed by atoms with Crippen molar-refractivity contribution in [2.24, 2.45) is 14.1 Å². The zero-order valence-corrected chi connectivity index (χ0v) is 12.6. The van der Waals surface area contributed by atoms with Crippen LogP contribution in [-0.4, -0.2) is 37.4 Å². The van der Waals surface area contributed by atoms with Gasteiger partial charge in [0.1, 0.15) is 5.69 Å². The fourth-order valence-corrected chi connectivity index (χ4v) is 2.13. The van der Waals surface area contributed by atoms with Gasteiger partial charge in [-0.1, -0.05) is 0 Å². The summed E-state index contributed by atoms with van der Waals surface area (Å²) >= 11 is 0. The van der Waals surface area contributed by atoms with Crippen LogP contribution < -0.4 is 0 Å². The topological polar surface area (TPSA) is 56.0 Å². The molecular weight excluding hydrogens is 299 g/mol. The lowest BCUT2D eigenvalue weighted by atomic mass is 10.2. The summed E-state index contributed by atoms with van der Waals surface area (Å²) in [6.45, 7) is 2.06. The first-order chi connectivity index (χ1) is 10.1. The molecule has 1 amide bonds. The van der Waals surface area contributed by atoms with Crippen LogP contribution in [0.25, 0.3) is 0 Å². The van der Waals surface area contributed by atoms with Crippen LogP contribution >= 0.6 is 0 Å². The number of aromatic nitrogens is 4. The molecule has 0 aromatic carbocycles. The van der Waals surface area contributed by atoms with Crippen molar-refractivity contribution in [3.8, 4) is 0 Å². The predicted molar refractivity (Wildman–Crippen MR) is 72.0 cm³/mol. The minimum atomic E-state index is -4.57. The Labute approximate surface area is 125 Å². The van der Waals surface area contributed by atoms with Crippen LogP contribution in [0.3, 0.4) is 0 Å². The Kier molecular flexibility index (Phi) is 3.99. The van der Waals surface area contributed by atoms with Crippen LogP contribution in [0.5, 0.6) is 0 Å². The van der Waals surface area contributed by atoms with Gasteiger partial charge in [-0.2, -0.15) is 23.4 Å². The average Bonchev–Trinajstić information content (AvgIpc) is 2.91. The molecule has 0 radical (unpaired) electrons. The summed E-state index contributed by atoms with van der Waals surface area (Å²) in [5, 5.41) is 7.50. The number of carbonyl (C=O) groups is 1. The van der Waals surface area contributed by atoms with Gasteiger partial charge in [-0.25, -0.2) is 0 Å². The molecule has 0 fully saturated rings. The van der Waals surface area contributed by atoms with Crippen molar-refractivity contribution in [1.82, 2.24) is 24.5 Å². The Morgan fingerprint density at radius 2 is 1.95 bits per heavy atom. The summed E-state index contributed by atoms with van der Waals surface area (Å²) in [6.07, 6.45) is -2.81. The Hall–Kier alpha value is -2.32. The van der Waals surface area contributed by atoms with Gasteiger partial charge in [-0.3, -0.25) is 14.2 Å². The van der Waals surface area contributed by atoms with Crippen molar-refractivity contribution in [1.29, 1.82) is 0 Å². The monoisotopic (exact) mass is 315 g/mol. The first-order valence-corrected chi connectivity index (χ1v) is 6.45. The molecule has 0 aliphatic rings. The summed E-state index contributed by atoms with van der Waals surface area (Å²) in [7, 11) is 4.59. The van der Waals surface area contributed by atoms with Gasteiger partial charge in [0.2, 0.25) is 0 Å².